The van der Waals surface area contributed by atoms with Gasteiger partial charge in [0.05, 0.1) is 17.9 Å². The molecular weight excluding hydrogens is 314 g/mol. The number of amides is 1. The number of pyridine rings is 1. The van der Waals surface area contributed by atoms with E-state index in [1.54, 1.807) is 0 Å². The Hall–Kier alpha value is -3.02. The molecule has 3 aromatic rings. The van der Waals surface area contributed by atoms with Crippen LogP contribution in [0.3, 0.4) is 0 Å². The van der Waals surface area contributed by atoms with Gasteiger partial charge < -0.3 is 16.0 Å². The summed E-state index contributed by atoms with van der Waals surface area (Å²) in [6.07, 6.45) is 2.00. The predicted molar refractivity (Wildman–Crippen MR) is 101 cm³/mol. The number of hydrogen-bond donors (Lipinski definition) is 3. The number of carbonyl (C=O) groups is 1. The summed E-state index contributed by atoms with van der Waals surface area (Å²) in [5, 5.41) is 9.71. The van der Waals surface area contributed by atoms with Crippen LogP contribution in [0.4, 0.5) is 17.2 Å². The van der Waals surface area contributed by atoms with E-state index in [1.807, 2.05) is 42.6 Å². The third-order valence-corrected chi connectivity index (χ3v) is 4.04. The maximum Gasteiger partial charge on any atom is 0.243 e. The van der Waals surface area contributed by atoms with Crippen molar-refractivity contribution in [2.24, 2.45) is 0 Å². The Morgan fingerprint density at radius 1 is 1.16 bits per heavy atom. The number of imidazole rings is 1. The lowest BCUT2D eigenvalue weighted by Gasteiger charge is -2.24. The molecule has 1 aromatic carbocycles. The first kappa shape index (κ1) is 15.5. The number of fused-ring (bicyclic) bond motifs is 2. The first-order valence-electron chi connectivity index (χ1n) is 8.35. The molecular formula is C19H21N5O. The highest BCUT2D eigenvalue weighted by Crippen LogP contribution is 2.39. The molecule has 0 fully saturated rings. The molecule has 0 aliphatic carbocycles. The van der Waals surface area contributed by atoms with Gasteiger partial charge in [-0.15, -0.1) is 0 Å². The van der Waals surface area contributed by atoms with Gasteiger partial charge in [0.25, 0.3) is 0 Å². The third-order valence-electron chi connectivity index (χ3n) is 4.04. The molecule has 0 saturated carbocycles. The average Bonchev–Trinajstić information content (AvgIpc) is 2.91. The van der Waals surface area contributed by atoms with Crippen molar-refractivity contribution in [2.75, 3.05) is 22.5 Å². The molecule has 4 rings (SSSR count). The monoisotopic (exact) mass is 335 g/mol. The van der Waals surface area contributed by atoms with Crippen LogP contribution < -0.4 is 16.0 Å². The van der Waals surface area contributed by atoms with E-state index in [4.69, 9.17) is 4.98 Å². The molecule has 6 heteroatoms. The van der Waals surface area contributed by atoms with Gasteiger partial charge in [-0.3, -0.25) is 9.20 Å². The zero-order valence-corrected chi connectivity index (χ0v) is 14.6. The second kappa shape index (κ2) is 5.51. The molecule has 0 saturated heterocycles. The van der Waals surface area contributed by atoms with E-state index in [2.05, 4.69) is 41.1 Å². The molecule has 1 amide bonds. The van der Waals surface area contributed by atoms with Crippen LogP contribution in [0, 0.1) is 0 Å². The Kier molecular flexibility index (Phi) is 3.42. The van der Waals surface area contributed by atoms with Crippen LogP contribution >= 0.6 is 0 Å². The van der Waals surface area contributed by atoms with Gasteiger partial charge in [-0.2, -0.15) is 0 Å². The summed E-state index contributed by atoms with van der Waals surface area (Å²) in [5.74, 6) is 0.905. The minimum Gasteiger partial charge on any atom is -0.374 e. The molecule has 0 bridgehead atoms. The van der Waals surface area contributed by atoms with E-state index in [0.29, 0.717) is 0 Å². The van der Waals surface area contributed by atoms with Crippen molar-refractivity contribution in [1.29, 1.82) is 0 Å². The van der Waals surface area contributed by atoms with Gasteiger partial charge in [0.1, 0.15) is 17.2 Å². The van der Waals surface area contributed by atoms with Crippen LogP contribution in [0.25, 0.3) is 16.9 Å². The molecule has 3 heterocycles. The lowest BCUT2D eigenvalue weighted by atomic mass is 10.0. The normalized spacial score (nSPS) is 14.0. The van der Waals surface area contributed by atoms with Gasteiger partial charge in [-0.25, -0.2) is 4.98 Å². The highest BCUT2D eigenvalue weighted by Gasteiger charge is 2.24. The summed E-state index contributed by atoms with van der Waals surface area (Å²) in [4.78, 5) is 16.5. The number of anilines is 3. The molecule has 25 heavy (non-hydrogen) atoms. The van der Waals surface area contributed by atoms with Gasteiger partial charge in [0, 0.05) is 17.3 Å². The van der Waals surface area contributed by atoms with Crippen LogP contribution in [0.2, 0.25) is 0 Å². The summed E-state index contributed by atoms with van der Waals surface area (Å²) in [7, 11) is 0. The minimum atomic E-state index is -0.114. The number of aromatic nitrogens is 2. The SMILES string of the molecule is CC(C)(C)Nc1c(-c2cccc3c2NCC(=O)N3)nc2ccccn12. The molecule has 1 aliphatic heterocycles. The second-order valence-electron chi connectivity index (χ2n) is 7.24. The van der Waals surface area contributed by atoms with Crippen LogP contribution in [0.5, 0.6) is 0 Å². The zero-order chi connectivity index (χ0) is 17.6. The molecule has 6 nitrogen and oxygen atoms in total. The molecule has 0 unspecified atom stereocenters. The fourth-order valence-corrected chi connectivity index (χ4v) is 3.07. The highest BCUT2D eigenvalue weighted by molar-refractivity contribution is 6.04. The Bertz CT molecular complexity index is 968. The summed E-state index contributed by atoms with van der Waals surface area (Å²) >= 11 is 0. The van der Waals surface area contributed by atoms with Gasteiger partial charge >= 0.3 is 0 Å². The number of para-hydroxylation sites is 1. The Balaban J connectivity index is 1.94. The largest absolute Gasteiger partial charge is 0.374 e. The first-order chi connectivity index (χ1) is 11.9. The van der Waals surface area contributed by atoms with E-state index in [1.165, 1.54) is 0 Å². The van der Waals surface area contributed by atoms with E-state index in [-0.39, 0.29) is 18.0 Å². The molecule has 1 aliphatic rings. The van der Waals surface area contributed by atoms with Crippen molar-refractivity contribution in [3.05, 3.63) is 42.6 Å². The van der Waals surface area contributed by atoms with Crippen molar-refractivity contribution in [2.45, 2.75) is 26.3 Å². The molecule has 3 N–H and O–H groups in total. The quantitative estimate of drug-likeness (QED) is 0.669. The number of rotatable bonds is 2. The highest BCUT2D eigenvalue weighted by atomic mass is 16.2. The first-order valence-corrected chi connectivity index (χ1v) is 8.35. The van der Waals surface area contributed by atoms with Crippen LogP contribution in [0.15, 0.2) is 42.6 Å². The standard InChI is InChI=1S/C19H21N5O/c1-19(2,3)23-18-17(22-14-9-4-5-10-24(14)18)12-7-6-8-13-16(12)20-11-15(25)21-13/h4-10,20,23H,11H2,1-3H3,(H,21,25). The van der Waals surface area contributed by atoms with Gasteiger partial charge in [0.2, 0.25) is 5.91 Å². The zero-order valence-electron chi connectivity index (χ0n) is 14.6. The molecule has 2 aromatic heterocycles. The van der Waals surface area contributed by atoms with Crippen molar-refractivity contribution < 1.29 is 4.79 Å². The number of nitrogens with one attached hydrogen (secondary N) is 3. The number of benzene rings is 1. The fourth-order valence-electron chi connectivity index (χ4n) is 3.07. The molecule has 128 valence electrons. The second-order valence-corrected chi connectivity index (χ2v) is 7.24. The minimum absolute atomic E-state index is 0.0345. The maximum atomic E-state index is 11.7. The van der Waals surface area contributed by atoms with Crippen LogP contribution in [-0.4, -0.2) is 27.4 Å². The van der Waals surface area contributed by atoms with Crippen molar-refractivity contribution >= 4 is 28.7 Å². The van der Waals surface area contributed by atoms with E-state index in [9.17, 15) is 4.79 Å². The fraction of sp³-hybridized carbons (Fsp3) is 0.263. The lowest BCUT2D eigenvalue weighted by molar-refractivity contribution is -0.114. The smallest absolute Gasteiger partial charge is 0.243 e. The maximum absolute atomic E-state index is 11.7. The predicted octanol–water partition coefficient (Wildman–Crippen LogP) is 3.58. The van der Waals surface area contributed by atoms with Crippen LogP contribution in [0.1, 0.15) is 20.8 Å². The van der Waals surface area contributed by atoms with Crippen molar-refractivity contribution in [3.63, 3.8) is 0 Å². The van der Waals surface area contributed by atoms with Crippen LogP contribution in [-0.2, 0) is 4.79 Å². The summed E-state index contributed by atoms with van der Waals surface area (Å²) in [6, 6.07) is 11.8. The number of carbonyl (C=O) groups excluding carboxylic acids is 1. The average molecular weight is 335 g/mol. The summed E-state index contributed by atoms with van der Waals surface area (Å²) < 4.78 is 2.06. The molecule has 0 radical (unpaired) electrons. The van der Waals surface area contributed by atoms with Gasteiger partial charge in [0.15, 0.2) is 0 Å². The lowest BCUT2D eigenvalue weighted by Crippen LogP contribution is -2.28. The van der Waals surface area contributed by atoms with Gasteiger partial charge in [-0.05, 0) is 39.0 Å². The molecule has 0 spiro atoms. The van der Waals surface area contributed by atoms with E-state index < -0.39 is 0 Å². The number of hydrogen-bond acceptors (Lipinski definition) is 4. The van der Waals surface area contributed by atoms with Gasteiger partial charge in [-0.1, -0.05) is 18.2 Å². The van der Waals surface area contributed by atoms with Crippen molar-refractivity contribution in [1.82, 2.24) is 9.38 Å². The number of nitrogens with zero attached hydrogens (tertiary/aromatic N) is 2. The Morgan fingerprint density at radius 3 is 2.80 bits per heavy atom. The Labute approximate surface area is 146 Å². The van der Waals surface area contributed by atoms with Crippen molar-refractivity contribution in [3.8, 4) is 11.3 Å². The summed E-state index contributed by atoms with van der Waals surface area (Å²) in [5.41, 5.74) is 4.28. The Morgan fingerprint density at radius 2 is 2.00 bits per heavy atom. The van der Waals surface area contributed by atoms with E-state index >= 15 is 0 Å². The third kappa shape index (κ3) is 2.80. The molecule has 0 atom stereocenters. The summed E-state index contributed by atoms with van der Waals surface area (Å²) in [6.45, 7) is 6.63. The topological polar surface area (TPSA) is 70.5 Å². The van der Waals surface area contributed by atoms with E-state index in [0.717, 1.165) is 34.1 Å².